The molecule has 2 heterocycles. The number of fused-ring (bicyclic) bond motifs is 1. The van der Waals surface area contributed by atoms with Gasteiger partial charge in [-0.1, -0.05) is 29.0 Å². The Kier molecular flexibility index (Phi) is 5.84. The number of aryl methyl sites for hydroxylation is 1. The van der Waals surface area contributed by atoms with Crippen LogP contribution < -0.4 is 4.90 Å². The summed E-state index contributed by atoms with van der Waals surface area (Å²) in [5.41, 5.74) is 2.53. The molecular formula is C23H25ClN4O3S2. The number of rotatable bonds is 5. The number of amides is 1. The van der Waals surface area contributed by atoms with Crippen LogP contribution in [0.25, 0.3) is 10.2 Å². The average Bonchev–Trinajstić information content (AvgIpc) is 3.58. The van der Waals surface area contributed by atoms with E-state index in [0.29, 0.717) is 36.8 Å². The van der Waals surface area contributed by atoms with Crippen molar-refractivity contribution >= 4 is 54.2 Å². The summed E-state index contributed by atoms with van der Waals surface area (Å²) in [6.07, 6.45) is 1.81. The second-order valence-electron chi connectivity index (χ2n) is 8.59. The zero-order valence-electron chi connectivity index (χ0n) is 18.5. The fraction of sp³-hybridized carbons (Fsp3) is 0.391. The molecule has 7 nitrogen and oxygen atoms in total. The van der Waals surface area contributed by atoms with Crippen molar-refractivity contribution in [3.8, 4) is 0 Å². The predicted octanol–water partition coefficient (Wildman–Crippen LogP) is 4.00. The molecule has 0 unspecified atom stereocenters. The molecule has 1 amide bonds. The van der Waals surface area contributed by atoms with Crippen LogP contribution in [0.1, 0.15) is 28.8 Å². The molecule has 0 bridgehead atoms. The largest absolute Gasteiger partial charge is 0.345 e. The van der Waals surface area contributed by atoms with Crippen molar-refractivity contribution in [2.24, 2.45) is 0 Å². The van der Waals surface area contributed by atoms with Crippen LogP contribution in [0, 0.1) is 6.92 Å². The first-order chi connectivity index (χ1) is 15.8. The molecule has 0 spiro atoms. The Morgan fingerprint density at radius 1 is 1.09 bits per heavy atom. The molecule has 174 valence electrons. The summed E-state index contributed by atoms with van der Waals surface area (Å²) in [7, 11) is -1.89. The highest BCUT2D eigenvalue weighted by Crippen LogP contribution is 2.36. The van der Waals surface area contributed by atoms with E-state index in [1.807, 2.05) is 24.0 Å². The third-order valence-corrected chi connectivity index (χ3v) is 9.86. The van der Waals surface area contributed by atoms with E-state index in [-0.39, 0.29) is 16.8 Å². The number of hydrogen-bond acceptors (Lipinski definition) is 6. The van der Waals surface area contributed by atoms with Gasteiger partial charge in [-0.15, -0.1) is 0 Å². The Morgan fingerprint density at radius 2 is 1.76 bits per heavy atom. The lowest BCUT2D eigenvalue weighted by molar-refractivity contribution is 0.0746. The van der Waals surface area contributed by atoms with Crippen molar-refractivity contribution in [2.75, 3.05) is 38.1 Å². The third kappa shape index (κ3) is 4.23. The summed E-state index contributed by atoms with van der Waals surface area (Å²) in [4.78, 5) is 22.0. The lowest BCUT2D eigenvalue weighted by Gasteiger charge is -2.34. The van der Waals surface area contributed by atoms with E-state index >= 15 is 0 Å². The maximum Gasteiger partial charge on any atom is 0.253 e. The SMILES string of the molecule is Cc1ccc(Cl)c2sc(N3CCN(C(=O)c4ccc(S(=O)(=O)N(C)C5CC5)cc4)CC3)nc12. The van der Waals surface area contributed by atoms with Crippen LogP contribution >= 0.6 is 22.9 Å². The van der Waals surface area contributed by atoms with Crippen molar-refractivity contribution < 1.29 is 13.2 Å². The molecule has 0 N–H and O–H groups in total. The van der Waals surface area contributed by atoms with E-state index in [1.54, 1.807) is 30.5 Å². The van der Waals surface area contributed by atoms with Gasteiger partial charge >= 0.3 is 0 Å². The van der Waals surface area contributed by atoms with E-state index in [1.165, 1.54) is 16.4 Å². The molecular weight excluding hydrogens is 480 g/mol. The molecule has 2 aliphatic rings. The van der Waals surface area contributed by atoms with E-state index in [4.69, 9.17) is 16.6 Å². The first-order valence-electron chi connectivity index (χ1n) is 10.9. The van der Waals surface area contributed by atoms with Gasteiger partial charge in [-0.3, -0.25) is 4.79 Å². The summed E-state index contributed by atoms with van der Waals surface area (Å²) in [6.45, 7) is 4.54. The molecule has 0 radical (unpaired) electrons. The van der Waals surface area contributed by atoms with Crippen LogP contribution in [-0.4, -0.2) is 67.8 Å². The van der Waals surface area contributed by atoms with Gasteiger partial charge in [-0.25, -0.2) is 13.4 Å². The molecule has 2 aromatic carbocycles. The molecule has 3 aromatic rings. The Morgan fingerprint density at radius 3 is 2.36 bits per heavy atom. The van der Waals surface area contributed by atoms with Crippen LogP contribution in [0.15, 0.2) is 41.3 Å². The quantitative estimate of drug-likeness (QED) is 0.525. The number of sulfonamides is 1. The number of carbonyl (C=O) groups is 1. The number of nitrogens with zero attached hydrogens (tertiary/aromatic N) is 4. The lowest BCUT2D eigenvalue weighted by atomic mass is 10.2. The Bertz CT molecular complexity index is 1270. The van der Waals surface area contributed by atoms with Crippen LogP contribution in [0.4, 0.5) is 5.13 Å². The standard InChI is InChI=1S/C23H25ClN4O3S2/c1-15-3-10-19(24)21-20(15)25-23(32-21)28-13-11-27(12-14-28)22(29)16-4-8-18(9-5-16)33(30,31)26(2)17-6-7-17/h3-5,8-10,17H,6-7,11-14H2,1-2H3. The van der Waals surface area contributed by atoms with Crippen molar-refractivity contribution in [3.63, 3.8) is 0 Å². The molecule has 0 atom stereocenters. The van der Waals surface area contributed by atoms with E-state index in [2.05, 4.69) is 4.90 Å². The molecule has 1 aromatic heterocycles. The summed E-state index contributed by atoms with van der Waals surface area (Å²) < 4.78 is 27.8. The Hall–Kier alpha value is -2.20. The highest BCUT2D eigenvalue weighted by atomic mass is 35.5. The third-order valence-electron chi connectivity index (χ3n) is 6.36. The number of thiazole rings is 1. The van der Waals surface area contributed by atoms with Gasteiger partial charge in [0.15, 0.2) is 5.13 Å². The van der Waals surface area contributed by atoms with Crippen LogP contribution in [0.3, 0.4) is 0 Å². The average molecular weight is 505 g/mol. The Labute approximate surface area is 202 Å². The molecule has 1 saturated carbocycles. The molecule has 10 heteroatoms. The van der Waals surface area contributed by atoms with Crippen molar-refractivity contribution in [1.82, 2.24) is 14.2 Å². The first-order valence-corrected chi connectivity index (χ1v) is 13.6. The summed E-state index contributed by atoms with van der Waals surface area (Å²) in [5, 5.41) is 1.63. The van der Waals surface area contributed by atoms with Crippen LogP contribution in [-0.2, 0) is 10.0 Å². The smallest absolute Gasteiger partial charge is 0.253 e. The van der Waals surface area contributed by atoms with Crippen molar-refractivity contribution in [2.45, 2.75) is 30.7 Å². The van der Waals surface area contributed by atoms with E-state index in [9.17, 15) is 13.2 Å². The molecule has 33 heavy (non-hydrogen) atoms. The van der Waals surface area contributed by atoms with Gasteiger partial charge in [0.1, 0.15) is 0 Å². The van der Waals surface area contributed by atoms with Gasteiger partial charge in [0, 0.05) is 44.8 Å². The van der Waals surface area contributed by atoms with Crippen molar-refractivity contribution in [1.29, 1.82) is 0 Å². The van der Waals surface area contributed by atoms with Gasteiger partial charge in [-0.2, -0.15) is 4.31 Å². The highest BCUT2D eigenvalue weighted by molar-refractivity contribution is 7.89. The van der Waals surface area contributed by atoms with Crippen molar-refractivity contribution in [3.05, 3.63) is 52.5 Å². The Balaban J connectivity index is 1.25. The topological polar surface area (TPSA) is 73.8 Å². The van der Waals surface area contributed by atoms with Gasteiger partial charge in [0.05, 0.1) is 20.1 Å². The minimum atomic E-state index is -3.51. The number of hydrogen-bond donors (Lipinski definition) is 0. The fourth-order valence-electron chi connectivity index (χ4n) is 4.08. The van der Waals surface area contributed by atoms with Gasteiger partial charge in [0.2, 0.25) is 10.0 Å². The minimum Gasteiger partial charge on any atom is -0.345 e. The van der Waals surface area contributed by atoms with Crippen LogP contribution in [0.2, 0.25) is 5.02 Å². The highest BCUT2D eigenvalue weighted by Gasteiger charge is 2.35. The van der Waals surface area contributed by atoms with Gasteiger partial charge in [-0.05, 0) is 55.7 Å². The summed E-state index contributed by atoms with van der Waals surface area (Å²) in [5.74, 6) is -0.0858. The van der Waals surface area contributed by atoms with Gasteiger partial charge < -0.3 is 9.80 Å². The second kappa shape index (κ2) is 8.54. The normalized spacial score (nSPS) is 17.2. The van der Waals surface area contributed by atoms with E-state index < -0.39 is 10.0 Å². The molecule has 1 saturated heterocycles. The zero-order chi connectivity index (χ0) is 23.3. The number of piperazine rings is 1. The van der Waals surface area contributed by atoms with Gasteiger partial charge in [0.25, 0.3) is 5.91 Å². The molecule has 1 aliphatic heterocycles. The molecule has 1 aliphatic carbocycles. The van der Waals surface area contributed by atoms with Crippen LogP contribution in [0.5, 0.6) is 0 Å². The molecule has 5 rings (SSSR count). The number of benzene rings is 2. The number of carbonyl (C=O) groups excluding carboxylic acids is 1. The maximum atomic E-state index is 13.0. The number of anilines is 1. The lowest BCUT2D eigenvalue weighted by Crippen LogP contribution is -2.48. The second-order valence-corrected chi connectivity index (χ2v) is 12.0. The number of halogens is 1. The minimum absolute atomic E-state index is 0.0858. The number of aromatic nitrogens is 1. The molecule has 2 fully saturated rings. The predicted molar refractivity (Wildman–Crippen MR) is 132 cm³/mol. The summed E-state index contributed by atoms with van der Waals surface area (Å²) in [6, 6.07) is 10.3. The first kappa shape index (κ1) is 22.6. The fourth-order valence-corrected chi connectivity index (χ4v) is 6.86. The maximum absolute atomic E-state index is 13.0. The monoisotopic (exact) mass is 504 g/mol. The summed E-state index contributed by atoms with van der Waals surface area (Å²) >= 11 is 7.93. The van der Waals surface area contributed by atoms with E-state index in [0.717, 1.165) is 33.8 Å². The zero-order valence-corrected chi connectivity index (χ0v) is 20.9.